The van der Waals surface area contributed by atoms with Gasteiger partial charge in [0.2, 0.25) is 5.91 Å². The first-order chi connectivity index (χ1) is 12.4. The second kappa shape index (κ2) is 7.40. The largest absolute Gasteiger partial charge is 0.326 e. The fraction of sp³-hybridized carbons (Fsp3) is 0.250. The molecule has 0 saturated carbocycles. The molecule has 26 heavy (non-hydrogen) atoms. The van der Waals surface area contributed by atoms with E-state index in [1.807, 2.05) is 6.92 Å². The van der Waals surface area contributed by atoms with Crippen LogP contribution in [0.3, 0.4) is 0 Å². The zero-order valence-corrected chi connectivity index (χ0v) is 15.3. The molecule has 0 unspecified atom stereocenters. The second-order valence-electron chi connectivity index (χ2n) is 5.69. The van der Waals surface area contributed by atoms with Gasteiger partial charge in [-0.25, -0.2) is 4.68 Å². The number of benzene rings is 1. The van der Waals surface area contributed by atoms with E-state index in [1.54, 1.807) is 35.9 Å². The van der Waals surface area contributed by atoms with Crippen molar-refractivity contribution >= 4 is 34.9 Å². The minimum Gasteiger partial charge on any atom is -0.326 e. The molecule has 0 spiro atoms. The number of nitrogens with zero attached hydrogens (tertiary/aromatic N) is 5. The van der Waals surface area contributed by atoms with E-state index in [2.05, 4.69) is 29.7 Å². The minimum absolute atomic E-state index is 0.153. The number of carbonyl (C=O) groups excluding carboxylic acids is 2. The highest BCUT2D eigenvalue weighted by Crippen LogP contribution is 2.16. The molecule has 0 atom stereocenters. The van der Waals surface area contributed by atoms with Crippen LogP contribution in [0.2, 0.25) is 0 Å². The lowest BCUT2D eigenvalue weighted by Crippen LogP contribution is -2.14. The van der Waals surface area contributed by atoms with Crippen molar-refractivity contribution in [3.63, 3.8) is 0 Å². The van der Waals surface area contributed by atoms with E-state index in [1.165, 1.54) is 6.92 Å². The molecular weight excluding hydrogens is 354 g/mol. The third kappa shape index (κ3) is 3.91. The standard InChI is InChI=1S/C16H17N7O2S/c1-9-14(21-26-20-9)8-23-10(2)15(19-22-23)16(25)18-13-6-4-12(5-7-13)17-11(3)24/h4-7H,8H2,1-3H3,(H,17,24)(H,18,25). The predicted molar refractivity (Wildman–Crippen MR) is 97.2 cm³/mol. The molecule has 0 saturated heterocycles. The number of anilines is 2. The summed E-state index contributed by atoms with van der Waals surface area (Å²) in [5.74, 6) is -0.506. The lowest BCUT2D eigenvalue weighted by molar-refractivity contribution is -0.114. The lowest BCUT2D eigenvalue weighted by atomic mass is 10.2. The lowest BCUT2D eigenvalue weighted by Gasteiger charge is -2.06. The smallest absolute Gasteiger partial charge is 0.278 e. The Balaban J connectivity index is 1.70. The molecule has 3 rings (SSSR count). The Labute approximate surface area is 153 Å². The Hall–Kier alpha value is -3.14. The molecule has 134 valence electrons. The molecule has 2 N–H and O–H groups in total. The van der Waals surface area contributed by atoms with Crippen LogP contribution in [0.15, 0.2) is 24.3 Å². The zero-order valence-electron chi connectivity index (χ0n) is 14.5. The van der Waals surface area contributed by atoms with E-state index in [4.69, 9.17) is 0 Å². The van der Waals surface area contributed by atoms with Crippen LogP contribution in [0, 0.1) is 13.8 Å². The summed E-state index contributed by atoms with van der Waals surface area (Å²) in [7, 11) is 0. The molecule has 0 bridgehead atoms. The van der Waals surface area contributed by atoms with Crippen molar-refractivity contribution in [1.82, 2.24) is 23.7 Å². The van der Waals surface area contributed by atoms with Crippen molar-refractivity contribution in [2.75, 3.05) is 10.6 Å². The molecule has 2 aromatic heterocycles. The molecule has 1 aromatic carbocycles. The van der Waals surface area contributed by atoms with Gasteiger partial charge < -0.3 is 10.6 Å². The van der Waals surface area contributed by atoms with Gasteiger partial charge in [0, 0.05) is 18.3 Å². The molecular formula is C16H17N7O2S. The molecule has 0 fully saturated rings. The summed E-state index contributed by atoms with van der Waals surface area (Å²) in [4.78, 5) is 23.5. The summed E-state index contributed by atoms with van der Waals surface area (Å²) < 4.78 is 9.97. The van der Waals surface area contributed by atoms with Crippen LogP contribution in [0.4, 0.5) is 11.4 Å². The summed E-state index contributed by atoms with van der Waals surface area (Å²) in [6, 6.07) is 6.82. The summed E-state index contributed by atoms with van der Waals surface area (Å²) in [6.45, 7) is 5.51. The van der Waals surface area contributed by atoms with Crippen molar-refractivity contribution in [2.45, 2.75) is 27.3 Å². The van der Waals surface area contributed by atoms with Crippen molar-refractivity contribution in [3.8, 4) is 0 Å². The third-order valence-corrected chi connectivity index (χ3v) is 4.36. The first-order valence-corrected chi connectivity index (χ1v) is 8.54. The van der Waals surface area contributed by atoms with E-state index in [9.17, 15) is 9.59 Å². The normalized spacial score (nSPS) is 10.6. The summed E-state index contributed by atoms with van der Waals surface area (Å²) >= 11 is 1.14. The highest BCUT2D eigenvalue weighted by Gasteiger charge is 2.18. The number of aromatic nitrogens is 5. The van der Waals surface area contributed by atoms with Crippen molar-refractivity contribution < 1.29 is 9.59 Å². The fourth-order valence-corrected chi connectivity index (χ4v) is 2.84. The number of hydrogen-bond acceptors (Lipinski definition) is 7. The van der Waals surface area contributed by atoms with Gasteiger partial charge in [0.15, 0.2) is 5.69 Å². The number of rotatable bonds is 5. The van der Waals surface area contributed by atoms with Crippen molar-refractivity contribution in [3.05, 3.63) is 47.0 Å². The van der Waals surface area contributed by atoms with E-state index in [0.29, 0.717) is 23.6 Å². The van der Waals surface area contributed by atoms with Crippen LogP contribution < -0.4 is 10.6 Å². The predicted octanol–water partition coefficient (Wildman–Crippen LogP) is 2.01. The van der Waals surface area contributed by atoms with Gasteiger partial charge in [-0.1, -0.05) is 5.21 Å². The zero-order chi connectivity index (χ0) is 18.7. The second-order valence-corrected chi connectivity index (χ2v) is 6.22. The minimum atomic E-state index is -0.353. The molecule has 0 aliphatic rings. The third-order valence-electron chi connectivity index (χ3n) is 3.71. The summed E-state index contributed by atoms with van der Waals surface area (Å²) in [5, 5.41) is 13.5. The molecule has 0 radical (unpaired) electrons. The topological polar surface area (TPSA) is 115 Å². The van der Waals surface area contributed by atoms with Crippen LogP contribution in [0.25, 0.3) is 0 Å². The van der Waals surface area contributed by atoms with E-state index < -0.39 is 0 Å². The van der Waals surface area contributed by atoms with Gasteiger partial charge in [-0.15, -0.1) is 5.10 Å². The Morgan fingerprint density at radius 3 is 2.31 bits per heavy atom. The molecule has 2 amide bonds. The average molecular weight is 371 g/mol. The Morgan fingerprint density at radius 1 is 1.08 bits per heavy atom. The molecule has 3 aromatic rings. The number of hydrogen-bond donors (Lipinski definition) is 2. The average Bonchev–Trinajstić information content (AvgIpc) is 3.16. The number of carbonyl (C=O) groups is 2. The van der Waals surface area contributed by atoms with Gasteiger partial charge in [-0.05, 0) is 38.1 Å². The summed E-state index contributed by atoms with van der Waals surface area (Å²) in [5.41, 5.74) is 3.79. The quantitative estimate of drug-likeness (QED) is 0.709. The number of amides is 2. The number of nitrogens with one attached hydrogen (secondary N) is 2. The van der Waals surface area contributed by atoms with Gasteiger partial charge in [0.1, 0.15) is 0 Å². The first kappa shape index (κ1) is 17.7. The maximum atomic E-state index is 12.5. The Bertz CT molecular complexity index is 946. The van der Waals surface area contributed by atoms with Crippen molar-refractivity contribution in [1.29, 1.82) is 0 Å². The van der Waals surface area contributed by atoms with Gasteiger partial charge in [0.25, 0.3) is 5.91 Å². The van der Waals surface area contributed by atoms with Crippen LogP contribution in [-0.4, -0.2) is 35.6 Å². The van der Waals surface area contributed by atoms with Crippen molar-refractivity contribution in [2.24, 2.45) is 0 Å². The van der Waals surface area contributed by atoms with E-state index in [-0.39, 0.29) is 17.5 Å². The highest BCUT2D eigenvalue weighted by molar-refractivity contribution is 6.99. The fourth-order valence-electron chi connectivity index (χ4n) is 2.29. The highest BCUT2D eigenvalue weighted by atomic mass is 32.1. The van der Waals surface area contributed by atoms with Crippen LogP contribution in [-0.2, 0) is 11.3 Å². The first-order valence-electron chi connectivity index (χ1n) is 7.81. The Kier molecular flexibility index (Phi) is 5.03. The molecule has 2 heterocycles. The van der Waals surface area contributed by atoms with E-state index in [0.717, 1.165) is 23.1 Å². The Morgan fingerprint density at radius 2 is 1.73 bits per heavy atom. The molecule has 10 heteroatoms. The van der Waals surface area contributed by atoms with Gasteiger partial charge >= 0.3 is 0 Å². The van der Waals surface area contributed by atoms with Gasteiger partial charge in [0.05, 0.1) is 35.4 Å². The number of aryl methyl sites for hydroxylation is 1. The van der Waals surface area contributed by atoms with E-state index >= 15 is 0 Å². The molecule has 9 nitrogen and oxygen atoms in total. The molecule has 0 aliphatic heterocycles. The monoisotopic (exact) mass is 371 g/mol. The maximum absolute atomic E-state index is 12.5. The molecule has 0 aliphatic carbocycles. The summed E-state index contributed by atoms with van der Waals surface area (Å²) in [6.07, 6.45) is 0. The van der Waals surface area contributed by atoms with Gasteiger partial charge in [-0.3, -0.25) is 9.59 Å². The maximum Gasteiger partial charge on any atom is 0.278 e. The SMILES string of the molecule is CC(=O)Nc1ccc(NC(=O)c2nnn(Cc3nsnc3C)c2C)cc1. The van der Waals surface area contributed by atoms with Gasteiger partial charge in [-0.2, -0.15) is 8.75 Å². The van der Waals surface area contributed by atoms with Crippen LogP contribution >= 0.6 is 11.7 Å². The van der Waals surface area contributed by atoms with Crippen LogP contribution in [0.5, 0.6) is 0 Å². The van der Waals surface area contributed by atoms with Crippen LogP contribution in [0.1, 0.15) is 34.5 Å².